The number of nitrogens with zero attached hydrogens (tertiary/aromatic N) is 4. The second-order valence-electron chi connectivity index (χ2n) is 9.08. The van der Waals surface area contributed by atoms with Gasteiger partial charge in [0.25, 0.3) is 0 Å². The van der Waals surface area contributed by atoms with Crippen molar-refractivity contribution in [3.8, 4) is 6.07 Å². The number of nitrogens with two attached hydrogens (primary N) is 1. The van der Waals surface area contributed by atoms with Crippen molar-refractivity contribution in [1.82, 2.24) is 9.61 Å². The van der Waals surface area contributed by atoms with E-state index in [9.17, 15) is 13.2 Å². The highest BCUT2D eigenvalue weighted by molar-refractivity contribution is 8.27. The maximum absolute atomic E-state index is 13.1. The number of hydrogen-bond donors (Lipinski definition) is 3. The third kappa shape index (κ3) is 5.59. The van der Waals surface area contributed by atoms with Crippen LogP contribution in [0.15, 0.2) is 23.2 Å². The quantitative estimate of drug-likeness (QED) is 0.239. The van der Waals surface area contributed by atoms with Gasteiger partial charge in [0.15, 0.2) is 0 Å². The summed E-state index contributed by atoms with van der Waals surface area (Å²) < 4.78 is 43.4. The zero-order valence-electron chi connectivity index (χ0n) is 18.8. The Kier molecular flexibility index (Phi) is 7.35. The maximum Gasteiger partial charge on any atom is 0.131 e. The average Bonchev–Trinajstić information content (AvgIpc) is 3.41. The second-order valence-corrected chi connectivity index (χ2v) is 11.1. The lowest BCUT2D eigenvalue weighted by Crippen LogP contribution is -2.51. The van der Waals surface area contributed by atoms with Gasteiger partial charge in [0, 0.05) is 23.4 Å². The number of ether oxygens (including phenoxy) is 1. The molecule has 1 saturated carbocycles. The number of piperidine rings is 1. The Morgan fingerprint density at radius 2 is 2.00 bits per heavy atom. The van der Waals surface area contributed by atoms with E-state index in [1.165, 1.54) is 12.3 Å². The fraction of sp³-hybridized carbons (Fsp3) is 0.524. The molecule has 2 radical (unpaired) electrons. The Morgan fingerprint density at radius 1 is 1.34 bits per heavy atom. The summed E-state index contributed by atoms with van der Waals surface area (Å²) in [7, 11) is 5.05. The SMILES string of the molecule is N#CC1(N)CC1.[B]C(F)C(=N)SC(=N)c1cnn2c(N3CCC4(CC3)COC4)cc(S(=O)[O-])cc12. The Hall–Kier alpha value is -2.31. The summed E-state index contributed by atoms with van der Waals surface area (Å²) in [4.78, 5) is 2.16. The molecule has 0 amide bonds. The number of halogens is 1. The Labute approximate surface area is 210 Å². The standard InChI is InChI=1S/C17H19BFN5O3S2.C4H6N2/c18-14(19)16(21)28-15(20)11-7-22-24-12(11)5-10(29(25)26)6-13(24)23-3-1-17(2-4-23)8-27-9-17;5-3-4(6)1-2-4/h5-7,14,20-21H,1-4,8-9H2,(H,25,26);1-2,6H2/p-1. The minimum absolute atomic E-state index is 0.0802. The Bertz CT molecular complexity index is 1210. The van der Waals surface area contributed by atoms with E-state index in [0.29, 0.717) is 28.7 Å². The fourth-order valence-corrected chi connectivity index (χ4v) is 4.91. The summed E-state index contributed by atoms with van der Waals surface area (Å²) in [5, 5.41) is 27.5. The van der Waals surface area contributed by atoms with Crippen LogP contribution in [0.4, 0.5) is 10.2 Å². The van der Waals surface area contributed by atoms with Crippen molar-refractivity contribution in [1.29, 1.82) is 16.1 Å². The number of fused-ring (bicyclic) bond motifs is 1. The van der Waals surface area contributed by atoms with Crippen LogP contribution >= 0.6 is 11.8 Å². The van der Waals surface area contributed by atoms with Crippen molar-refractivity contribution in [2.45, 2.75) is 42.2 Å². The van der Waals surface area contributed by atoms with Crippen LogP contribution in [0.1, 0.15) is 31.2 Å². The molecule has 1 aliphatic carbocycles. The van der Waals surface area contributed by atoms with E-state index in [2.05, 4.69) is 10.00 Å². The van der Waals surface area contributed by atoms with Gasteiger partial charge in [-0.05, 0) is 48.9 Å². The molecule has 35 heavy (non-hydrogen) atoms. The zero-order chi connectivity index (χ0) is 25.4. The summed E-state index contributed by atoms with van der Waals surface area (Å²) in [6.45, 7) is 3.03. The molecule has 2 aromatic heterocycles. The number of pyridine rings is 1. The highest BCUT2D eigenvalue weighted by atomic mass is 32.2. The van der Waals surface area contributed by atoms with Crippen molar-refractivity contribution in [2.75, 3.05) is 31.2 Å². The van der Waals surface area contributed by atoms with Crippen molar-refractivity contribution in [2.24, 2.45) is 11.1 Å². The van der Waals surface area contributed by atoms with Gasteiger partial charge in [-0.1, -0.05) is 11.8 Å². The lowest BCUT2D eigenvalue weighted by molar-refractivity contribution is -0.124. The number of nitriles is 1. The molecular formula is C21H24BFN7O3S2-. The molecule has 4 N–H and O–H groups in total. The first-order valence-corrected chi connectivity index (χ1v) is 12.8. The van der Waals surface area contributed by atoms with Crippen LogP contribution in [0.2, 0.25) is 0 Å². The third-order valence-electron chi connectivity index (χ3n) is 6.45. The van der Waals surface area contributed by atoms with E-state index >= 15 is 0 Å². The van der Waals surface area contributed by atoms with Crippen LogP contribution in [0.3, 0.4) is 0 Å². The molecule has 14 heteroatoms. The fourth-order valence-electron chi connectivity index (χ4n) is 3.90. The summed E-state index contributed by atoms with van der Waals surface area (Å²) >= 11 is -1.89. The van der Waals surface area contributed by atoms with Crippen LogP contribution in [0, 0.1) is 27.6 Å². The second kappa shape index (κ2) is 9.98. The molecule has 0 aromatic carbocycles. The van der Waals surface area contributed by atoms with E-state index in [1.54, 1.807) is 10.6 Å². The van der Waals surface area contributed by atoms with Crippen LogP contribution < -0.4 is 10.6 Å². The molecule has 184 valence electrons. The predicted octanol–water partition coefficient (Wildman–Crippen LogP) is 1.69. The van der Waals surface area contributed by atoms with Gasteiger partial charge in [0.2, 0.25) is 0 Å². The van der Waals surface area contributed by atoms with E-state index < -0.39 is 27.7 Å². The van der Waals surface area contributed by atoms with Crippen LogP contribution in [0.5, 0.6) is 0 Å². The predicted molar refractivity (Wildman–Crippen MR) is 132 cm³/mol. The van der Waals surface area contributed by atoms with Crippen LogP contribution in [-0.4, -0.2) is 74.2 Å². The monoisotopic (exact) mass is 516 g/mol. The Morgan fingerprint density at radius 3 is 2.46 bits per heavy atom. The van der Waals surface area contributed by atoms with E-state index in [-0.39, 0.29) is 15.4 Å². The van der Waals surface area contributed by atoms with Crippen LogP contribution in [-0.2, 0) is 15.8 Å². The molecule has 2 aromatic rings. The molecular weight excluding hydrogens is 492 g/mol. The number of anilines is 1. The highest BCUT2D eigenvalue weighted by Crippen LogP contribution is 2.40. The summed E-state index contributed by atoms with van der Waals surface area (Å²) in [6.07, 6.45) is 3.13. The largest absolute Gasteiger partial charge is 0.768 e. The molecule has 2 saturated heterocycles. The van der Waals surface area contributed by atoms with Gasteiger partial charge in [-0.2, -0.15) is 10.4 Å². The molecule has 5 rings (SSSR count). The van der Waals surface area contributed by atoms with E-state index in [1.807, 2.05) is 6.07 Å². The van der Waals surface area contributed by atoms with Gasteiger partial charge in [0.05, 0.1) is 41.6 Å². The number of hydrogen-bond acceptors (Lipinski definition) is 10. The van der Waals surface area contributed by atoms with Crippen molar-refractivity contribution in [3.05, 3.63) is 23.9 Å². The lowest BCUT2D eigenvalue weighted by atomic mass is 9.77. The average molecular weight is 516 g/mol. The van der Waals surface area contributed by atoms with Gasteiger partial charge in [-0.25, -0.2) is 4.52 Å². The van der Waals surface area contributed by atoms with Gasteiger partial charge in [0.1, 0.15) is 30.3 Å². The molecule has 2 aliphatic heterocycles. The smallest absolute Gasteiger partial charge is 0.131 e. The first kappa shape index (κ1) is 25.8. The molecule has 10 nitrogen and oxygen atoms in total. The zero-order valence-corrected chi connectivity index (χ0v) is 20.5. The summed E-state index contributed by atoms with van der Waals surface area (Å²) in [6, 6.07) is 4.99. The van der Waals surface area contributed by atoms with E-state index in [0.717, 1.165) is 52.0 Å². The molecule has 2 unspecified atom stereocenters. The highest BCUT2D eigenvalue weighted by Gasteiger charge is 2.41. The van der Waals surface area contributed by atoms with Crippen LogP contribution in [0.25, 0.3) is 5.52 Å². The van der Waals surface area contributed by atoms with Crippen molar-refractivity contribution >= 4 is 52.1 Å². The number of rotatable bonds is 4. The molecule has 3 aliphatic rings. The minimum Gasteiger partial charge on any atom is -0.768 e. The number of alkyl halides is 1. The molecule has 0 bridgehead atoms. The Balaban J connectivity index is 0.000000421. The molecule has 2 atom stereocenters. The molecule has 4 heterocycles. The normalized spacial score (nSPS) is 21.3. The van der Waals surface area contributed by atoms with E-state index in [4.69, 9.17) is 34.4 Å². The third-order valence-corrected chi connectivity index (χ3v) is 7.94. The minimum atomic E-state index is -2.47. The van der Waals surface area contributed by atoms with Gasteiger partial charge in [-0.3, -0.25) is 19.4 Å². The first-order chi connectivity index (χ1) is 16.6. The first-order valence-electron chi connectivity index (χ1n) is 11.0. The lowest BCUT2D eigenvalue weighted by Gasteiger charge is -2.47. The topological polar surface area (TPSA) is 167 Å². The van der Waals surface area contributed by atoms with Crippen molar-refractivity contribution in [3.63, 3.8) is 0 Å². The van der Waals surface area contributed by atoms with Crippen molar-refractivity contribution < 1.29 is 17.9 Å². The van der Waals surface area contributed by atoms with Gasteiger partial charge >= 0.3 is 0 Å². The molecule has 3 fully saturated rings. The molecule has 1 spiro atoms. The van der Waals surface area contributed by atoms with Gasteiger partial charge in [-0.15, -0.1) is 0 Å². The number of nitrogens with one attached hydrogen (secondary N) is 2. The maximum atomic E-state index is 13.1. The van der Waals surface area contributed by atoms with Gasteiger partial charge < -0.3 is 19.9 Å². The number of aromatic nitrogens is 2. The summed E-state index contributed by atoms with van der Waals surface area (Å²) in [5.74, 6) is 0.623. The number of thioether (sulfide) groups is 1. The summed E-state index contributed by atoms with van der Waals surface area (Å²) in [5.41, 5.74) is 5.84.